The molecule has 0 aromatic carbocycles. The molecule has 0 saturated carbocycles. The van der Waals surface area contributed by atoms with E-state index in [2.05, 4.69) is 16.0 Å². The first-order valence-electron chi connectivity index (χ1n) is 9.16. The average Bonchev–Trinajstić information content (AvgIpc) is 2.95. The van der Waals surface area contributed by atoms with Gasteiger partial charge < -0.3 is 9.47 Å². The fraction of sp³-hybridized carbons (Fsp3) is 0.500. The Morgan fingerprint density at radius 2 is 1.92 bits per heavy atom. The summed E-state index contributed by atoms with van der Waals surface area (Å²) < 4.78 is 2.14. The molecule has 0 atom stereocenters. The fourth-order valence-corrected chi connectivity index (χ4v) is 4.33. The highest BCUT2D eigenvalue weighted by Crippen LogP contribution is 2.19. The number of aromatic nitrogens is 1. The highest BCUT2D eigenvalue weighted by Gasteiger charge is 2.24. The molecule has 1 aliphatic heterocycles. The SMILES string of the molecule is CCc1c(C(=O)N2CCCCCC2)c(=O)cc(C)n1Cc1cccs1. The van der Waals surface area contributed by atoms with Gasteiger partial charge in [0.1, 0.15) is 5.56 Å². The summed E-state index contributed by atoms with van der Waals surface area (Å²) in [6, 6.07) is 5.75. The van der Waals surface area contributed by atoms with Gasteiger partial charge in [-0.05, 0) is 37.6 Å². The first-order valence-corrected chi connectivity index (χ1v) is 10.0. The second-order valence-electron chi connectivity index (χ2n) is 6.70. The number of carbonyl (C=O) groups excluding carboxylic acids is 1. The predicted molar refractivity (Wildman–Crippen MR) is 103 cm³/mol. The fourth-order valence-electron chi connectivity index (χ4n) is 3.64. The largest absolute Gasteiger partial charge is 0.343 e. The number of amides is 1. The maximum Gasteiger partial charge on any atom is 0.259 e. The van der Waals surface area contributed by atoms with Crippen molar-refractivity contribution >= 4 is 17.2 Å². The van der Waals surface area contributed by atoms with Crippen LogP contribution in [0.1, 0.15) is 59.2 Å². The molecule has 4 nitrogen and oxygen atoms in total. The molecular weight excluding hydrogens is 332 g/mol. The molecular formula is C20H26N2O2S. The lowest BCUT2D eigenvalue weighted by molar-refractivity contribution is 0.0758. The summed E-state index contributed by atoms with van der Waals surface area (Å²) in [7, 11) is 0. The van der Waals surface area contributed by atoms with Crippen LogP contribution in [-0.4, -0.2) is 28.5 Å². The van der Waals surface area contributed by atoms with Crippen LogP contribution in [-0.2, 0) is 13.0 Å². The van der Waals surface area contributed by atoms with Crippen molar-refractivity contribution in [3.8, 4) is 0 Å². The number of hydrogen-bond acceptors (Lipinski definition) is 3. The van der Waals surface area contributed by atoms with Crippen LogP contribution < -0.4 is 5.43 Å². The van der Waals surface area contributed by atoms with Crippen molar-refractivity contribution in [1.82, 2.24) is 9.47 Å². The average molecular weight is 359 g/mol. The molecule has 5 heteroatoms. The topological polar surface area (TPSA) is 42.3 Å². The molecule has 0 radical (unpaired) electrons. The quantitative estimate of drug-likeness (QED) is 0.833. The number of carbonyl (C=O) groups is 1. The summed E-state index contributed by atoms with van der Waals surface area (Å²) in [4.78, 5) is 28.9. The Bertz CT molecular complexity index is 785. The molecule has 2 aromatic heterocycles. The van der Waals surface area contributed by atoms with Gasteiger partial charge in [-0.15, -0.1) is 11.3 Å². The molecule has 0 aliphatic carbocycles. The molecule has 0 unspecified atom stereocenters. The Morgan fingerprint density at radius 1 is 1.20 bits per heavy atom. The van der Waals surface area contributed by atoms with E-state index in [0.29, 0.717) is 18.5 Å². The van der Waals surface area contributed by atoms with Gasteiger partial charge in [0.25, 0.3) is 5.91 Å². The molecule has 1 fully saturated rings. The summed E-state index contributed by atoms with van der Waals surface area (Å²) in [5, 5.41) is 2.06. The van der Waals surface area contributed by atoms with E-state index < -0.39 is 0 Å². The van der Waals surface area contributed by atoms with Gasteiger partial charge in [-0.25, -0.2) is 0 Å². The van der Waals surface area contributed by atoms with Crippen molar-refractivity contribution in [1.29, 1.82) is 0 Å². The predicted octanol–water partition coefficient (Wildman–Crippen LogP) is 3.85. The van der Waals surface area contributed by atoms with Crippen molar-refractivity contribution < 1.29 is 4.79 Å². The number of aryl methyl sites for hydroxylation is 1. The second kappa shape index (κ2) is 8.00. The van der Waals surface area contributed by atoms with E-state index in [1.807, 2.05) is 24.8 Å². The van der Waals surface area contributed by atoms with Crippen LogP contribution in [0.2, 0.25) is 0 Å². The third-order valence-electron chi connectivity index (χ3n) is 4.96. The van der Waals surface area contributed by atoms with Crippen LogP contribution in [0.25, 0.3) is 0 Å². The Labute approximate surface area is 153 Å². The van der Waals surface area contributed by atoms with Crippen LogP contribution in [0.5, 0.6) is 0 Å². The van der Waals surface area contributed by atoms with Crippen molar-refractivity contribution in [3.63, 3.8) is 0 Å². The Morgan fingerprint density at radius 3 is 2.52 bits per heavy atom. The van der Waals surface area contributed by atoms with Gasteiger partial charge >= 0.3 is 0 Å². The minimum atomic E-state index is -0.133. The molecule has 134 valence electrons. The Hall–Kier alpha value is -1.88. The highest BCUT2D eigenvalue weighted by atomic mass is 32.1. The van der Waals surface area contributed by atoms with Crippen LogP contribution in [0.15, 0.2) is 28.4 Å². The van der Waals surface area contributed by atoms with Gasteiger partial charge in [0.05, 0.1) is 6.54 Å². The number of nitrogens with zero attached hydrogens (tertiary/aromatic N) is 2. The van der Waals surface area contributed by atoms with Gasteiger partial charge in [-0.1, -0.05) is 25.8 Å². The van der Waals surface area contributed by atoms with Crippen LogP contribution in [0.4, 0.5) is 0 Å². The molecule has 3 rings (SSSR count). The number of pyridine rings is 1. The van der Waals surface area contributed by atoms with Crippen molar-refractivity contribution in [3.05, 3.63) is 55.6 Å². The monoisotopic (exact) mass is 358 g/mol. The summed E-state index contributed by atoms with van der Waals surface area (Å²) in [6.45, 7) is 6.22. The molecule has 0 N–H and O–H groups in total. The molecule has 3 heterocycles. The summed E-state index contributed by atoms with van der Waals surface area (Å²) in [5.41, 5.74) is 2.04. The lowest BCUT2D eigenvalue weighted by Crippen LogP contribution is -2.37. The van der Waals surface area contributed by atoms with E-state index >= 15 is 0 Å². The smallest absolute Gasteiger partial charge is 0.259 e. The molecule has 1 saturated heterocycles. The first kappa shape index (κ1) is 17.9. The zero-order valence-electron chi connectivity index (χ0n) is 15.1. The van der Waals surface area contributed by atoms with E-state index in [1.165, 1.54) is 17.7 Å². The third kappa shape index (κ3) is 3.87. The van der Waals surface area contributed by atoms with Gasteiger partial charge in [-0.3, -0.25) is 9.59 Å². The number of likely N-dealkylation sites (tertiary alicyclic amines) is 1. The summed E-state index contributed by atoms with van der Waals surface area (Å²) in [5.74, 6) is -0.0799. The Kier molecular flexibility index (Phi) is 5.74. The number of hydrogen-bond donors (Lipinski definition) is 0. The number of thiophene rings is 1. The van der Waals surface area contributed by atoms with E-state index in [9.17, 15) is 9.59 Å². The molecule has 1 amide bonds. The van der Waals surface area contributed by atoms with E-state index in [-0.39, 0.29) is 11.3 Å². The van der Waals surface area contributed by atoms with Crippen LogP contribution in [0.3, 0.4) is 0 Å². The van der Waals surface area contributed by atoms with Gasteiger partial charge in [0.15, 0.2) is 5.43 Å². The third-order valence-corrected chi connectivity index (χ3v) is 5.82. The maximum atomic E-state index is 13.1. The zero-order chi connectivity index (χ0) is 17.8. The summed E-state index contributed by atoms with van der Waals surface area (Å²) in [6.07, 6.45) is 5.07. The molecule has 0 spiro atoms. The van der Waals surface area contributed by atoms with E-state index in [0.717, 1.165) is 37.3 Å². The molecule has 0 bridgehead atoms. The normalized spacial score (nSPS) is 15.2. The minimum absolute atomic E-state index is 0.0799. The first-order chi connectivity index (χ1) is 12.1. The van der Waals surface area contributed by atoms with E-state index in [4.69, 9.17) is 0 Å². The summed E-state index contributed by atoms with van der Waals surface area (Å²) >= 11 is 1.70. The Balaban J connectivity index is 2.02. The van der Waals surface area contributed by atoms with Gasteiger partial charge in [0.2, 0.25) is 0 Å². The molecule has 25 heavy (non-hydrogen) atoms. The molecule has 2 aromatic rings. The van der Waals surface area contributed by atoms with Crippen LogP contribution in [0, 0.1) is 6.92 Å². The zero-order valence-corrected chi connectivity index (χ0v) is 15.9. The number of rotatable bonds is 4. The van der Waals surface area contributed by atoms with Crippen molar-refractivity contribution in [2.75, 3.05) is 13.1 Å². The van der Waals surface area contributed by atoms with E-state index in [1.54, 1.807) is 17.4 Å². The van der Waals surface area contributed by atoms with Gasteiger partial charge in [0, 0.05) is 35.4 Å². The lowest BCUT2D eigenvalue weighted by Gasteiger charge is -2.24. The van der Waals surface area contributed by atoms with Crippen molar-refractivity contribution in [2.45, 2.75) is 52.5 Å². The standard InChI is InChI=1S/C20H26N2O2S/c1-3-17-19(20(24)21-10-6-4-5-7-11-21)18(23)13-15(2)22(17)14-16-9-8-12-25-16/h8-9,12-13H,3-7,10-11,14H2,1-2H3. The maximum absolute atomic E-state index is 13.1. The lowest BCUT2D eigenvalue weighted by atomic mass is 10.1. The highest BCUT2D eigenvalue weighted by molar-refractivity contribution is 7.09. The van der Waals surface area contributed by atoms with Crippen LogP contribution >= 0.6 is 11.3 Å². The van der Waals surface area contributed by atoms with Gasteiger partial charge in [-0.2, -0.15) is 0 Å². The molecule has 1 aliphatic rings. The minimum Gasteiger partial charge on any atom is -0.343 e. The van der Waals surface area contributed by atoms with Crippen molar-refractivity contribution in [2.24, 2.45) is 0 Å². The second-order valence-corrected chi connectivity index (χ2v) is 7.73.